The monoisotopic (exact) mass is 1030 g/mol. The summed E-state index contributed by atoms with van der Waals surface area (Å²) < 4.78 is 42.1. The first-order valence-corrected chi connectivity index (χ1v) is 27.7. The van der Waals surface area contributed by atoms with Crippen LogP contribution in [0.3, 0.4) is 0 Å². The van der Waals surface area contributed by atoms with Crippen molar-refractivity contribution in [2.45, 2.75) is 89.8 Å². The number of aromatic nitrogens is 4. The van der Waals surface area contributed by atoms with Gasteiger partial charge < -0.3 is 8.98 Å². The van der Waals surface area contributed by atoms with Gasteiger partial charge in [0.25, 0.3) is 0 Å². The second-order valence-electron chi connectivity index (χ2n) is 18.0. The number of aryl methyl sites for hydroxylation is 1. The second-order valence-corrected chi connectivity index (χ2v) is 28.6. The van der Waals surface area contributed by atoms with Crippen LogP contribution in [0.25, 0.3) is 72.3 Å². The Labute approximate surface area is 377 Å². The van der Waals surface area contributed by atoms with Gasteiger partial charge in [-0.25, -0.2) is 4.98 Å². The molecule has 0 bridgehead atoms. The van der Waals surface area contributed by atoms with Crippen LogP contribution in [0.1, 0.15) is 88.0 Å². The van der Waals surface area contributed by atoms with E-state index < -0.39 is 26.0 Å². The van der Waals surface area contributed by atoms with Gasteiger partial charge in [-0.1, -0.05) is 87.5 Å². The first-order chi connectivity index (χ1) is 29.6. The summed E-state index contributed by atoms with van der Waals surface area (Å²) in [4.78, 5) is 14.6. The predicted molar refractivity (Wildman–Crippen MR) is 251 cm³/mol. The van der Waals surface area contributed by atoms with Gasteiger partial charge in [0, 0.05) is 40.7 Å². The third-order valence-electron chi connectivity index (χ3n) is 11.0. The van der Waals surface area contributed by atoms with Gasteiger partial charge in [0.1, 0.15) is 0 Å². The number of para-hydroxylation sites is 3. The molecule has 307 valence electrons. The molecule has 9 aromatic rings. The molecular formula is C53H54GeIrN4O-2. The Hall–Kier alpha value is -4.88. The number of imidazole rings is 1. The molecule has 9 rings (SSSR count). The van der Waals surface area contributed by atoms with Crippen LogP contribution in [-0.2, 0) is 25.5 Å². The summed E-state index contributed by atoms with van der Waals surface area (Å²) in [5.74, 6) is 7.48. The molecule has 4 aromatic heterocycles. The van der Waals surface area contributed by atoms with Crippen molar-refractivity contribution >= 4 is 61.7 Å². The molecule has 5 nitrogen and oxygen atoms in total. The Morgan fingerprint density at radius 1 is 0.783 bits per heavy atom. The smallest absolute Gasteiger partial charge is 0.216 e. The standard InChI is InChI=1S/C36H32N3O.C17H22GeN.Ir/c1-21(2)24-11-10-14-28(36(4,5)6)32(24)39-31-16-8-7-15-30(31)37-34(39)26-13-9-12-25-27-20-23-19-22(3)17-18-29(23)38-35(27)40-33(25)26;1-13(2)15-11-17(14-9-7-6-8-10-14)19-12-16(15)18(3,4)5;/h7-12,14-21H,1-6H3;6-9,11-13H,1-5H3;/q2*-1;/i3D3;13D;. The molecule has 0 atom stereocenters. The van der Waals surface area contributed by atoms with E-state index >= 15 is 0 Å². The average molecular weight is 1030 g/mol. The number of benzene rings is 5. The van der Waals surface area contributed by atoms with Crippen molar-refractivity contribution in [3.63, 3.8) is 0 Å². The minimum atomic E-state index is -2.19. The Morgan fingerprint density at radius 2 is 1.57 bits per heavy atom. The molecule has 0 saturated heterocycles. The van der Waals surface area contributed by atoms with E-state index in [0.717, 1.165) is 61.1 Å². The average Bonchev–Trinajstić information content (AvgIpc) is 3.79. The second kappa shape index (κ2) is 16.9. The van der Waals surface area contributed by atoms with E-state index in [2.05, 4.69) is 104 Å². The van der Waals surface area contributed by atoms with E-state index in [-0.39, 0.29) is 37.0 Å². The first-order valence-electron chi connectivity index (χ1n) is 22.4. The van der Waals surface area contributed by atoms with Gasteiger partial charge in [-0.2, -0.15) is 0 Å². The maximum absolute atomic E-state index is 8.44. The third-order valence-corrected chi connectivity index (χ3v) is 15.2. The molecule has 0 aliphatic rings. The van der Waals surface area contributed by atoms with Gasteiger partial charge in [-0.3, -0.25) is 4.98 Å². The van der Waals surface area contributed by atoms with Crippen LogP contribution in [0, 0.1) is 19.0 Å². The zero-order valence-corrected chi connectivity index (χ0v) is 40.6. The number of hydrogen-bond donors (Lipinski definition) is 0. The predicted octanol–water partition coefficient (Wildman–Crippen LogP) is 13.9. The molecule has 0 amide bonds. The fraction of sp³-hybridized carbons (Fsp3) is 0.264. The van der Waals surface area contributed by atoms with E-state index in [9.17, 15) is 0 Å². The molecule has 0 unspecified atom stereocenters. The summed E-state index contributed by atoms with van der Waals surface area (Å²) in [5, 5.41) is 2.46. The van der Waals surface area contributed by atoms with Crippen molar-refractivity contribution in [1.29, 1.82) is 0 Å². The van der Waals surface area contributed by atoms with E-state index in [0.29, 0.717) is 16.8 Å². The fourth-order valence-corrected chi connectivity index (χ4v) is 11.3. The molecule has 7 heteroatoms. The van der Waals surface area contributed by atoms with E-state index in [1.165, 1.54) is 15.5 Å². The molecule has 0 N–H and O–H groups in total. The topological polar surface area (TPSA) is 56.7 Å². The molecule has 0 aliphatic carbocycles. The van der Waals surface area contributed by atoms with E-state index in [1.54, 1.807) is 18.2 Å². The Kier molecular flexibility index (Phi) is 10.7. The number of furan rings is 1. The van der Waals surface area contributed by atoms with Gasteiger partial charge in [-0.05, 0) is 59.6 Å². The molecule has 1 radical (unpaired) electrons. The van der Waals surface area contributed by atoms with Crippen LogP contribution in [0.5, 0.6) is 0 Å². The Bertz CT molecular complexity index is 3150. The maximum atomic E-state index is 8.44. The van der Waals surface area contributed by atoms with Crippen LogP contribution in [0.15, 0.2) is 120 Å². The molecule has 0 saturated carbocycles. The number of pyridine rings is 2. The van der Waals surface area contributed by atoms with Gasteiger partial charge >= 0.3 is 120 Å². The third kappa shape index (κ3) is 8.27. The minimum Gasteiger partial charge on any atom is -0.486 e. The maximum Gasteiger partial charge on any atom is 0.216 e. The minimum absolute atomic E-state index is 0. The van der Waals surface area contributed by atoms with E-state index in [1.807, 2.05) is 80.7 Å². The molecular weight excluding hydrogens is 973 g/mol. The summed E-state index contributed by atoms with van der Waals surface area (Å²) in [6.07, 6.45) is 2.00. The van der Waals surface area contributed by atoms with Crippen LogP contribution >= 0.6 is 0 Å². The zero-order chi connectivity index (χ0) is 45.2. The van der Waals surface area contributed by atoms with Crippen molar-refractivity contribution in [2.24, 2.45) is 0 Å². The van der Waals surface area contributed by atoms with Crippen molar-refractivity contribution in [3.05, 3.63) is 150 Å². The fourth-order valence-electron chi connectivity index (χ4n) is 7.96. The van der Waals surface area contributed by atoms with Gasteiger partial charge in [0.15, 0.2) is 0 Å². The van der Waals surface area contributed by atoms with Gasteiger partial charge in [0.2, 0.25) is 5.71 Å². The summed E-state index contributed by atoms with van der Waals surface area (Å²) >= 11 is -2.03. The molecule has 5 aromatic carbocycles. The molecule has 0 aliphatic heterocycles. The summed E-state index contributed by atoms with van der Waals surface area (Å²) in [7, 11) is 0. The number of nitrogens with zero attached hydrogens (tertiary/aromatic N) is 4. The number of hydrogen-bond acceptors (Lipinski definition) is 4. The zero-order valence-electron chi connectivity index (χ0n) is 40.1. The van der Waals surface area contributed by atoms with Crippen LogP contribution in [0.4, 0.5) is 0 Å². The Balaban J connectivity index is 0.000000246. The molecule has 4 heterocycles. The van der Waals surface area contributed by atoms with Crippen molar-refractivity contribution in [2.75, 3.05) is 0 Å². The molecule has 0 fully saturated rings. The van der Waals surface area contributed by atoms with Crippen molar-refractivity contribution < 1.29 is 30.0 Å². The van der Waals surface area contributed by atoms with Gasteiger partial charge in [0.05, 0.1) is 28.0 Å². The molecule has 0 spiro atoms. The number of fused-ring (bicyclic) bond motifs is 5. The van der Waals surface area contributed by atoms with Gasteiger partial charge in [-0.15, -0.1) is 18.2 Å². The summed E-state index contributed by atoms with van der Waals surface area (Å²) in [6.45, 7) is 12.9. The normalized spacial score (nSPS) is 13.4. The van der Waals surface area contributed by atoms with Crippen molar-refractivity contribution in [1.82, 2.24) is 19.5 Å². The van der Waals surface area contributed by atoms with Crippen LogP contribution in [0.2, 0.25) is 17.3 Å². The van der Waals surface area contributed by atoms with E-state index in [4.69, 9.17) is 19.9 Å². The summed E-state index contributed by atoms with van der Waals surface area (Å²) in [5.41, 5.74) is 11.3. The van der Waals surface area contributed by atoms with Crippen LogP contribution in [-0.4, -0.2) is 32.8 Å². The summed E-state index contributed by atoms with van der Waals surface area (Å²) in [6, 6.07) is 42.3. The number of rotatable bonds is 6. The first kappa shape index (κ1) is 38.1. The molecule has 60 heavy (non-hydrogen) atoms. The quantitative estimate of drug-likeness (QED) is 0.123. The van der Waals surface area contributed by atoms with Crippen LogP contribution < -0.4 is 4.40 Å². The SMILES string of the molecule is [2H]C(C)(C)c1cc(-c2[c-]cccc2)nc[c]1[Ge]([CH3])([CH3])[CH3].[2H]C([2H])([2H])c1ccc2nc3oc4c(-c5nc6ccccc6n5-c5c(C(C)C)cccc5C(C)(C)C)[c-]ccc4c3cc2c1.[Ir]. The Morgan fingerprint density at radius 3 is 2.27 bits per heavy atom. The van der Waals surface area contributed by atoms with Crippen molar-refractivity contribution in [3.8, 4) is 28.3 Å². The largest absolute Gasteiger partial charge is 0.486 e.